The maximum Gasteiger partial charge on any atom is 0.315 e. The number of aliphatic carboxylic acids is 1. The Hall–Kier alpha value is -2.18. The molecule has 0 saturated heterocycles. The van der Waals surface area contributed by atoms with Crippen LogP contribution in [0, 0.1) is 5.41 Å². The van der Waals surface area contributed by atoms with Gasteiger partial charge in [-0.1, -0.05) is 0 Å². The highest BCUT2D eigenvalue weighted by Gasteiger charge is 2.44. The van der Waals surface area contributed by atoms with E-state index in [0.717, 1.165) is 0 Å². The van der Waals surface area contributed by atoms with Crippen molar-refractivity contribution in [3.8, 4) is 0 Å². The summed E-state index contributed by atoms with van der Waals surface area (Å²) in [6.07, 6.45) is 2.98. The van der Waals surface area contributed by atoms with Crippen molar-refractivity contribution in [3.63, 3.8) is 0 Å². The van der Waals surface area contributed by atoms with Gasteiger partial charge in [0.05, 0.1) is 23.2 Å². The van der Waals surface area contributed by atoms with E-state index in [1.807, 2.05) is 0 Å². The molecule has 0 aliphatic rings. The molecule has 0 radical (unpaired) electrons. The fraction of sp³-hybridized carbons (Fsp3) is 0.538. The van der Waals surface area contributed by atoms with Crippen LogP contribution in [0.5, 0.6) is 0 Å². The third kappa shape index (κ3) is 3.66. The third-order valence-corrected chi connectivity index (χ3v) is 3.60. The van der Waals surface area contributed by atoms with E-state index in [-0.39, 0.29) is 6.54 Å². The van der Waals surface area contributed by atoms with Gasteiger partial charge in [0.15, 0.2) is 0 Å². The number of hydrogen-bond donors (Lipinski definition) is 3. The Bertz CT molecular complexity index is 486. The van der Waals surface area contributed by atoms with Crippen molar-refractivity contribution in [2.75, 3.05) is 0 Å². The summed E-state index contributed by atoms with van der Waals surface area (Å²) < 4.78 is 0. The number of amides is 2. The first-order valence-corrected chi connectivity index (χ1v) is 6.21. The molecule has 0 aromatic carbocycles. The Morgan fingerprint density at radius 1 is 1.30 bits per heavy atom. The number of nitrogens with one attached hydrogen (secondary N) is 2. The number of carboxylic acid groups (broad SMARTS) is 1. The molecular weight excluding hydrogens is 260 g/mol. The monoisotopic (exact) mass is 280 g/mol. The molecule has 0 saturated carbocycles. The van der Waals surface area contributed by atoms with E-state index in [9.17, 15) is 14.7 Å². The highest BCUT2D eigenvalue weighted by molar-refractivity contribution is 5.79. The summed E-state index contributed by atoms with van der Waals surface area (Å²) >= 11 is 0. The second-order valence-corrected chi connectivity index (χ2v) is 5.56. The predicted molar refractivity (Wildman–Crippen MR) is 72.9 cm³/mol. The Balaban J connectivity index is 2.60. The quantitative estimate of drug-likeness (QED) is 0.751. The first kappa shape index (κ1) is 15.9. The minimum Gasteiger partial charge on any atom is -0.481 e. The first-order chi connectivity index (χ1) is 9.17. The van der Waals surface area contributed by atoms with Crippen molar-refractivity contribution < 1.29 is 14.7 Å². The van der Waals surface area contributed by atoms with Crippen LogP contribution in [0.3, 0.4) is 0 Å². The maximum atomic E-state index is 11.8. The highest BCUT2D eigenvalue weighted by Crippen LogP contribution is 2.30. The van der Waals surface area contributed by atoms with Gasteiger partial charge >= 0.3 is 12.0 Å². The fourth-order valence-electron chi connectivity index (χ4n) is 1.35. The smallest absolute Gasteiger partial charge is 0.315 e. The van der Waals surface area contributed by atoms with Crippen molar-refractivity contribution in [3.05, 3.63) is 24.3 Å². The van der Waals surface area contributed by atoms with Gasteiger partial charge in [-0.25, -0.2) is 14.8 Å². The van der Waals surface area contributed by atoms with E-state index in [2.05, 4.69) is 20.6 Å². The van der Waals surface area contributed by atoms with Crippen LogP contribution in [0.2, 0.25) is 0 Å². The van der Waals surface area contributed by atoms with Crippen LogP contribution < -0.4 is 10.6 Å². The second-order valence-electron chi connectivity index (χ2n) is 5.56. The van der Waals surface area contributed by atoms with E-state index in [1.54, 1.807) is 40.0 Å². The van der Waals surface area contributed by atoms with Crippen molar-refractivity contribution in [1.82, 2.24) is 20.6 Å². The molecule has 110 valence electrons. The lowest BCUT2D eigenvalue weighted by Gasteiger charge is -2.38. The molecule has 3 N–H and O–H groups in total. The molecule has 0 aliphatic heterocycles. The SMILES string of the molecule is CC(C)(NC(=O)NCc1ccncn1)C(C)(C)C(=O)O. The number of carbonyl (C=O) groups is 2. The molecule has 0 spiro atoms. The Morgan fingerprint density at radius 3 is 2.45 bits per heavy atom. The molecule has 0 aliphatic carbocycles. The van der Waals surface area contributed by atoms with Gasteiger partial charge in [0.1, 0.15) is 6.33 Å². The predicted octanol–water partition coefficient (Wildman–Crippen LogP) is 1.17. The number of hydrogen-bond acceptors (Lipinski definition) is 4. The number of aromatic nitrogens is 2. The molecule has 7 nitrogen and oxygen atoms in total. The first-order valence-electron chi connectivity index (χ1n) is 6.21. The second kappa shape index (κ2) is 5.85. The zero-order valence-electron chi connectivity index (χ0n) is 12.1. The van der Waals surface area contributed by atoms with Crippen molar-refractivity contribution >= 4 is 12.0 Å². The molecule has 0 unspecified atom stereocenters. The highest BCUT2D eigenvalue weighted by atomic mass is 16.4. The van der Waals surface area contributed by atoms with E-state index in [4.69, 9.17) is 0 Å². The average Bonchev–Trinajstić information content (AvgIpc) is 2.36. The number of carboxylic acids is 1. The van der Waals surface area contributed by atoms with Gasteiger partial charge in [-0.3, -0.25) is 4.79 Å². The normalized spacial score (nSPS) is 11.8. The lowest BCUT2D eigenvalue weighted by atomic mass is 9.74. The minimum absolute atomic E-state index is 0.248. The van der Waals surface area contributed by atoms with Crippen molar-refractivity contribution in [2.24, 2.45) is 5.41 Å². The molecule has 1 rings (SSSR count). The molecule has 0 fully saturated rings. The average molecular weight is 280 g/mol. The topological polar surface area (TPSA) is 104 Å². The van der Waals surface area contributed by atoms with Crippen LogP contribution in [0.25, 0.3) is 0 Å². The standard InChI is InChI=1S/C13H20N4O3/c1-12(2,10(18)19)13(3,4)17-11(20)15-7-9-5-6-14-8-16-9/h5-6,8H,7H2,1-4H3,(H,18,19)(H2,15,17,20). The maximum absolute atomic E-state index is 11.8. The lowest BCUT2D eigenvalue weighted by molar-refractivity contribution is -0.150. The Labute approximate surface area is 117 Å². The molecule has 7 heteroatoms. The summed E-state index contributed by atoms with van der Waals surface area (Å²) in [6.45, 7) is 6.73. The van der Waals surface area contributed by atoms with Gasteiger partial charge in [0.2, 0.25) is 0 Å². The van der Waals surface area contributed by atoms with Gasteiger partial charge in [-0.15, -0.1) is 0 Å². The summed E-state index contributed by atoms with van der Waals surface area (Å²) in [5.74, 6) is -0.974. The fourth-order valence-corrected chi connectivity index (χ4v) is 1.35. The van der Waals surface area contributed by atoms with Gasteiger partial charge in [-0.05, 0) is 33.8 Å². The van der Waals surface area contributed by atoms with Gasteiger partial charge in [-0.2, -0.15) is 0 Å². The molecular formula is C13H20N4O3. The van der Waals surface area contributed by atoms with Crippen molar-refractivity contribution in [2.45, 2.75) is 39.8 Å². The lowest BCUT2D eigenvalue weighted by Crippen LogP contribution is -2.58. The van der Waals surface area contributed by atoms with E-state index < -0.39 is 23.0 Å². The number of carbonyl (C=O) groups excluding carboxylic acids is 1. The molecule has 0 bridgehead atoms. The molecule has 0 atom stereocenters. The molecule has 1 heterocycles. The number of nitrogens with zero attached hydrogens (tertiary/aromatic N) is 2. The molecule has 1 aromatic rings. The third-order valence-electron chi connectivity index (χ3n) is 3.60. The van der Waals surface area contributed by atoms with Gasteiger partial charge < -0.3 is 15.7 Å². The molecule has 2 amide bonds. The molecule has 20 heavy (non-hydrogen) atoms. The van der Waals surface area contributed by atoms with Crippen LogP contribution in [0.4, 0.5) is 4.79 Å². The van der Waals surface area contributed by atoms with Gasteiger partial charge in [0.25, 0.3) is 0 Å². The van der Waals surface area contributed by atoms with Crippen molar-refractivity contribution in [1.29, 1.82) is 0 Å². The van der Waals surface area contributed by atoms with Crippen LogP contribution in [-0.4, -0.2) is 32.6 Å². The zero-order chi connectivity index (χ0) is 15.4. The summed E-state index contributed by atoms with van der Waals surface area (Å²) in [5.41, 5.74) is -1.33. The minimum atomic E-state index is -1.10. The largest absolute Gasteiger partial charge is 0.481 e. The zero-order valence-corrected chi connectivity index (χ0v) is 12.1. The van der Waals surface area contributed by atoms with Crippen LogP contribution in [-0.2, 0) is 11.3 Å². The van der Waals surface area contributed by atoms with E-state index >= 15 is 0 Å². The van der Waals surface area contributed by atoms with E-state index in [0.29, 0.717) is 5.69 Å². The van der Waals surface area contributed by atoms with Crippen LogP contribution in [0.15, 0.2) is 18.6 Å². The van der Waals surface area contributed by atoms with Crippen LogP contribution >= 0.6 is 0 Å². The summed E-state index contributed by atoms with van der Waals surface area (Å²) in [7, 11) is 0. The summed E-state index contributed by atoms with van der Waals surface area (Å²) in [6, 6.07) is 1.25. The summed E-state index contributed by atoms with van der Waals surface area (Å²) in [4.78, 5) is 30.8. The van der Waals surface area contributed by atoms with Gasteiger partial charge in [0, 0.05) is 6.20 Å². The Kier molecular flexibility index (Phi) is 4.65. The summed E-state index contributed by atoms with van der Waals surface area (Å²) in [5, 5.41) is 14.5. The molecule has 1 aromatic heterocycles. The Morgan fingerprint density at radius 2 is 1.95 bits per heavy atom. The van der Waals surface area contributed by atoms with Crippen LogP contribution in [0.1, 0.15) is 33.4 Å². The number of urea groups is 1. The number of rotatable bonds is 5. The van der Waals surface area contributed by atoms with E-state index in [1.165, 1.54) is 6.33 Å².